The molecule has 0 spiro atoms. The van der Waals surface area contributed by atoms with E-state index < -0.39 is 11.5 Å². The fourth-order valence-corrected chi connectivity index (χ4v) is 2.25. The van der Waals surface area contributed by atoms with E-state index in [-0.39, 0.29) is 6.04 Å². The Morgan fingerprint density at radius 1 is 1.26 bits per heavy atom. The first-order valence-electron chi connectivity index (χ1n) is 6.89. The van der Waals surface area contributed by atoms with Crippen LogP contribution in [0.1, 0.15) is 51.3 Å². The zero-order valence-electron chi connectivity index (χ0n) is 12.6. The van der Waals surface area contributed by atoms with Crippen LogP contribution in [0.3, 0.4) is 0 Å². The predicted molar refractivity (Wildman–Crippen MR) is 78.3 cm³/mol. The lowest BCUT2D eigenvalue weighted by molar-refractivity contribution is -0.150. The van der Waals surface area contributed by atoms with E-state index in [9.17, 15) is 9.90 Å². The monoisotopic (exact) mass is 263 g/mol. The molecule has 3 heteroatoms. The van der Waals surface area contributed by atoms with E-state index in [1.165, 1.54) is 11.1 Å². The minimum absolute atomic E-state index is 0.122. The Morgan fingerprint density at radius 2 is 1.79 bits per heavy atom. The molecule has 0 aromatic heterocycles. The molecule has 1 atom stereocenters. The Bertz CT molecular complexity index is 423. The van der Waals surface area contributed by atoms with Crippen molar-refractivity contribution in [3.8, 4) is 0 Å². The van der Waals surface area contributed by atoms with Crippen molar-refractivity contribution in [1.29, 1.82) is 0 Å². The molecule has 106 valence electrons. The fourth-order valence-electron chi connectivity index (χ4n) is 2.25. The van der Waals surface area contributed by atoms with Gasteiger partial charge in [-0.3, -0.25) is 9.69 Å². The van der Waals surface area contributed by atoms with Crippen LogP contribution in [0, 0.1) is 0 Å². The lowest BCUT2D eigenvalue weighted by Crippen LogP contribution is -2.49. The van der Waals surface area contributed by atoms with E-state index in [1.54, 1.807) is 13.8 Å². The average Bonchev–Trinajstić information content (AvgIpc) is 2.40. The van der Waals surface area contributed by atoms with Gasteiger partial charge in [0.2, 0.25) is 0 Å². The van der Waals surface area contributed by atoms with Gasteiger partial charge in [-0.15, -0.1) is 0 Å². The molecule has 0 amide bonds. The molecule has 1 rings (SSSR count). The van der Waals surface area contributed by atoms with Crippen LogP contribution in [-0.4, -0.2) is 28.6 Å². The lowest BCUT2D eigenvalue weighted by atomic mass is 9.95. The summed E-state index contributed by atoms with van der Waals surface area (Å²) in [6.07, 6.45) is 1.91. The van der Waals surface area contributed by atoms with Crippen molar-refractivity contribution < 1.29 is 9.90 Å². The highest BCUT2D eigenvalue weighted by molar-refractivity contribution is 5.77. The van der Waals surface area contributed by atoms with Crippen molar-refractivity contribution in [2.24, 2.45) is 0 Å². The van der Waals surface area contributed by atoms with Crippen LogP contribution in [-0.2, 0) is 11.2 Å². The molecule has 0 saturated carbocycles. The highest BCUT2D eigenvalue weighted by Gasteiger charge is 2.36. The van der Waals surface area contributed by atoms with Gasteiger partial charge in [-0.25, -0.2) is 0 Å². The SMILES string of the molecule is CCc1ccc(C(CC)N(C)C(C)(C)C(=O)O)cc1. The molecule has 1 unspecified atom stereocenters. The van der Waals surface area contributed by atoms with E-state index >= 15 is 0 Å². The van der Waals surface area contributed by atoms with Crippen molar-refractivity contribution in [2.45, 2.75) is 52.1 Å². The molecule has 0 saturated heterocycles. The Hall–Kier alpha value is -1.35. The number of hydrogen-bond donors (Lipinski definition) is 1. The summed E-state index contributed by atoms with van der Waals surface area (Å²) in [6.45, 7) is 7.72. The van der Waals surface area contributed by atoms with E-state index in [0.29, 0.717) is 0 Å². The first kappa shape index (κ1) is 15.7. The van der Waals surface area contributed by atoms with E-state index in [1.807, 2.05) is 11.9 Å². The molecule has 0 fully saturated rings. The Labute approximate surface area is 116 Å². The first-order valence-corrected chi connectivity index (χ1v) is 6.89. The van der Waals surface area contributed by atoms with Gasteiger partial charge < -0.3 is 5.11 Å². The average molecular weight is 263 g/mol. The standard InChI is InChI=1S/C16H25NO2/c1-6-12-8-10-13(11-9-12)14(7-2)17(5)16(3,4)15(18)19/h8-11,14H,6-7H2,1-5H3,(H,18,19). The number of carboxylic acids is 1. The van der Waals surface area contributed by atoms with Gasteiger partial charge in [0.25, 0.3) is 0 Å². The Kier molecular flexibility index (Phi) is 5.12. The van der Waals surface area contributed by atoms with Crippen LogP contribution >= 0.6 is 0 Å². The molecule has 19 heavy (non-hydrogen) atoms. The van der Waals surface area contributed by atoms with Gasteiger partial charge in [0.15, 0.2) is 0 Å². The van der Waals surface area contributed by atoms with Crippen LogP contribution in [0.5, 0.6) is 0 Å². The number of carbonyl (C=O) groups is 1. The number of aliphatic carboxylic acids is 1. The van der Waals surface area contributed by atoms with Gasteiger partial charge >= 0.3 is 5.97 Å². The van der Waals surface area contributed by atoms with E-state index in [4.69, 9.17) is 0 Å². The van der Waals surface area contributed by atoms with E-state index in [0.717, 1.165) is 12.8 Å². The molecule has 0 bridgehead atoms. The maximum atomic E-state index is 11.4. The molecule has 0 heterocycles. The molecule has 0 aliphatic rings. The minimum Gasteiger partial charge on any atom is -0.480 e. The predicted octanol–water partition coefficient (Wildman–Crippen LogP) is 3.50. The summed E-state index contributed by atoms with van der Waals surface area (Å²) in [7, 11) is 1.88. The number of aryl methyl sites for hydroxylation is 1. The van der Waals surface area contributed by atoms with Crippen LogP contribution in [0.15, 0.2) is 24.3 Å². The third-order valence-electron chi connectivity index (χ3n) is 4.03. The number of nitrogens with zero attached hydrogens (tertiary/aromatic N) is 1. The number of hydrogen-bond acceptors (Lipinski definition) is 2. The fraction of sp³-hybridized carbons (Fsp3) is 0.562. The molecular weight excluding hydrogens is 238 g/mol. The van der Waals surface area contributed by atoms with Crippen molar-refractivity contribution in [3.05, 3.63) is 35.4 Å². The summed E-state index contributed by atoms with van der Waals surface area (Å²) >= 11 is 0. The van der Waals surface area contributed by atoms with Crippen LogP contribution in [0.4, 0.5) is 0 Å². The topological polar surface area (TPSA) is 40.5 Å². The molecule has 3 nitrogen and oxygen atoms in total. The zero-order chi connectivity index (χ0) is 14.6. The smallest absolute Gasteiger partial charge is 0.323 e. The largest absolute Gasteiger partial charge is 0.480 e. The quantitative estimate of drug-likeness (QED) is 0.854. The van der Waals surface area contributed by atoms with Crippen LogP contribution < -0.4 is 0 Å². The summed E-state index contributed by atoms with van der Waals surface area (Å²) in [5, 5.41) is 9.34. The number of benzene rings is 1. The van der Waals surface area contributed by atoms with Crippen molar-refractivity contribution >= 4 is 5.97 Å². The van der Waals surface area contributed by atoms with Gasteiger partial charge in [0, 0.05) is 6.04 Å². The highest BCUT2D eigenvalue weighted by Crippen LogP contribution is 2.29. The third-order valence-corrected chi connectivity index (χ3v) is 4.03. The second-order valence-corrected chi connectivity index (χ2v) is 5.49. The lowest BCUT2D eigenvalue weighted by Gasteiger charge is -2.38. The van der Waals surface area contributed by atoms with Crippen molar-refractivity contribution in [2.75, 3.05) is 7.05 Å². The summed E-state index contributed by atoms with van der Waals surface area (Å²) < 4.78 is 0. The van der Waals surface area contributed by atoms with E-state index in [2.05, 4.69) is 38.1 Å². The first-order chi connectivity index (χ1) is 8.84. The van der Waals surface area contributed by atoms with Crippen LogP contribution in [0.2, 0.25) is 0 Å². The van der Waals surface area contributed by atoms with Gasteiger partial charge in [-0.2, -0.15) is 0 Å². The molecule has 1 aromatic carbocycles. The molecule has 1 N–H and O–H groups in total. The molecular formula is C16H25NO2. The molecule has 0 radical (unpaired) electrons. The van der Waals surface area contributed by atoms with Gasteiger partial charge in [-0.1, -0.05) is 38.1 Å². The summed E-state index contributed by atoms with van der Waals surface area (Å²) in [5.74, 6) is -0.793. The summed E-state index contributed by atoms with van der Waals surface area (Å²) in [4.78, 5) is 13.3. The maximum absolute atomic E-state index is 11.4. The number of rotatable bonds is 6. The summed E-state index contributed by atoms with van der Waals surface area (Å²) in [6, 6.07) is 8.60. The maximum Gasteiger partial charge on any atom is 0.323 e. The normalized spacial score (nSPS) is 13.6. The van der Waals surface area contributed by atoms with Gasteiger partial charge in [0.1, 0.15) is 5.54 Å². The second kappa shape index (κ2) is 6.20. The second-order valence-electron chi connectivity index (χ2n) is 5.49. The van der Waals surface area contributed by atoms with Crippen molar-refractivity contribution in [1.82, 2.24) is 4.90 Å². The highest BCUT2D eigenvalue weighted by atomic mass is 16.4. The third kappa shape index (κ3) is 3.35. The Morgan fingerprint density at radius 3 is 2.16 bits per heavy atom. The summed E-state index contributed by atoms with van der Waals surface area (Å²) in [5.41, 5.74) is 1.61. The van der Waals surface area contributed by atoms with Crippen molar-refractivity contribution in [3.63, 3.8) is 0 Å². The van der Waals surface area contributed by atoms with Gasteiger partial charge in [-0.05, 0) is 44.9 Å². The van der Waals surface area contributed by atoms with Gasteiger partial charge in [0.05, 0.1) is 0 Å². The molecule has 0 aliphatic heterocycles. The zero-order valence-corrected chi connectivity index (χ0v) is 12.6. The number of carboxylic acid groups (broad SMARTS) is 1. The molecule has 0 aliphatic carbocycles. The van der Waals surface area contributed by atoms with Crippen LogP contribution in [0.25, 0.3) is 0 Å². The number of likely N-dealkylation sites (N-methyl/N-ethyl adjacent to an activating group) is 1. The Balaban J connectivity index is 3.02. The minimum atomic E-state index is -0.871. The molecule has 1 aromatic rings.